The fourth-order valence-electron chi connectivity index (χ4n) is 1.75. The smallest absolute Gasteiger partial charge is 0.314 e. The van der Waals surface area contributed by atoms with Crippen molar-refractivity contribution in [3.63, 3.8) is 0 Å². The molecule has 1 atom stereocenters. The van der Waals surface area contributed by atoms with E-state index < -0.39 is 5.92 Å². The van der Waals surface area contributed by atoms with Gasteiger partial charge in [-0.15, -0.1) is 5.16 Å². The molecule has 1 aromatic rings. The molecule has 1 unspecified atom stereocenters. The van der Waals surface area contributed by atoms with Crippen molar-refractivity contribution in [3.8, 4) is 0 Å². The number of carbonyl (C=O) groups excluding carboxylic acids is 1. The number of nitrogens with zero attached hydrogens (tertiary/aromatic N) is 1. The summed E-state index contributed by atoms with van der Waals surface area (Å²) in [5.74, 6) is -0.790. The molecule has 18 heavy (non-hydrogen) atoms. The summed E-state index contributed by atoms with van der Waals surface area (Å²) < 4.78 is 4.92. The van der Waals surface area contributed by atoms with Crippen LogP contribution in [0.3, 0.4) is 0 Å². The molecule has 1 rings (SSSR count). The predicted octanol–water partition coefficient (Wildman–Crippen LogP) is 2.65. The lowest BCUT2D eigenvalue weighted by molar-refractivity contribution is -0.145. The maximum absolute atomic E-state index is 11.6. The Morgan fingerprint density at radius 1 is 1.44 bits per heavy atom. The van der Waals surface area contributed by atoms with E-state index in [0.29, 0.717) is 13.0 Å². The molecular weight excluding hydrogens is 230 g/mol. The highest BCUT2D eigenvalue weighted by atomic mass is 16.5. The van der Waals surface area contributed by atoms with Gasteiger partial charge in [0.25, 0.3) is 0 Å². The van der Waals surface area contributed by atoms with Gasteiger partial charge in [0.05, 0.1) is 18.7 Å². The summed E-state index contributed by atoms with van der Waals surface area (Å²) in [5, 5.41) is 11.5. The topological polar surface area (TPSA) is 58.9 Å². The fourth-order valence-corrected chi connectivity index (χ4v) is 1.75. The lowest BCUT2D eigenvalue weighted by Gasteiger charge is -2.10. The highest BCUT2D eigenvalue weighted by Gasteiger charge is 2.17. The SMILES string of the molecule is CCOC(=O)C(/C=N\O)CCCc1ccccc1. The molecule has 0 saturated heterocycles. The first-order valence-corrected chi connectivity index (χ1v) is 6.16. The molecule has 0 aliphatic heterocycles. The minimum absolute atomic E-state index is 0.330. The third-order valence-electron chi connectivity index (χ3n) is 2.66. The number of esters is 1. The molecule has 1 N–H and O–H groups in total. The summed E-state index contributed by atoms with van der Waals surface area (Å²) in [7, 11) is 0. The van der Waals surface area contributed by atoms with Gasteiger partial charge in [0.1, 0.15) is 0 Å². The number of oxime groups is 1. The normalized spacial score (nSPS) is 12.5. The first kappa shape index (κ1) is 14.2. The summed E-state index contributed by atoms with van der Waals surface area (Å²) in [6.07, 6.45) is 3.61. The van der Waals surface area contributed by atoms with Gasteiger partial charge >= 0.3 is 5.97 Å². The van der Waals surface area contributed by atoms with Gasteiger partial charge in [0, 0.05) is 0 Å². The lowest BCUT2D eigenvalue weighted by Crippen LogP contribution is -2.19. The van der Waals surface area contributed by atoms with Crippen molar-refractivity contribution in [2.75, 3.05) is 6.61 Å². The molecule has 0 aliphatic carbocycles. The van der Waals surface area contributed by atoms with Crippen molar-refractivity contribution in [2.24, 2.45) is 11.1 Å². The fraction of sp³-hybridized carbons (Fsp3) is 0.429. The third kappa shape index (κ3) is 4.99. The van der Waals surface area contributed by atoms with Crippen LogP contribution in [0.1, 0.15) is 25.3 Å². The highest BCUT2D eigenvalue weighted by Crippen LogP contribution is 2.11. The minimum atomic E-state index is -0.460. The Morgan fingerprint density at radius 2 is 2.17 bits per heavy atom. The Hall–Kier alpha value is -1.84. The summed E-state index contributed by atoms with van der Waals surface area (Å²) in [6.45, 7) is 2.10. The second-order valence-corrected chi connectivity index (χ2v) is 4.00. The molecule has 1 aromatic carbocycles. The van der Waals surface area contributed by atoms with Crippen molar-refractivity contribution in [1.29, 1.82) is 0 Å². The number of ether oxygens (including phenoxy) is 1. The molecule has 4 nitrogen and oxygen atoms in total. The van der Waals surface area contributed by atoms with Crippen LogP contribution in [-0.4, -0.2) is 24.0 Å². The number of aryl methyl sites for hydroxylation is 1. The average Bonchev–Trinajstić information content (AvgIpc) is 2.39. The zero-order valence-electron chi connectivity index (χ0n) is 10.6. The van der Waals surface area contributed by atoms with Crippen LogP contribution in [0.2, 0.25) is 0 Å². The predicted molar refractivity (Wildman–Crippen MR) is 69.8 cm³/mol. The van der Waals surface area contributed by atoms with Crippen LogP contribution < -0.4 is 0 Å². The molecule has 0 bridgehead atoms. The molecule has 0 fully saturated rings. The molecule has 0 aromatic heterocycles. The van der Waals surface area contributed by atoms with Gasteiger partial charge in [-0.2, -0.15) is 0 Å². The monoisotopic (exact) mass is 249 g/mol. The van der Waals surface area contributed by atoms with Gasteiger partial charge in [0.2, 0.25) is 0 Å². The molecule has 0 heterocycles. The van der Waals surface area contributed by atoms with Crippen LogP contribution in [0.15, 0.2) is 35.5 Å². The number of hydrogen-bond acceptors (Lipinski definition) is 4. The van der Waals surface area contributed by atoms with Gasteiger partial charge < -0.3 is 9.94 Å². The Kier molecular flexibility index (Phi) is 6.54. The van der Waals surface area contributed by atoms with E-state index in [1.54, 1.807) is 6.92 Å². The van der Waals surface area contributed by atoms with Gasteiger partial charge in [-0.25, -0.2) is 0 Å². The summed E-state index contributed by atoms with van der Waals surface area (Å²) >= 11 is 0. The molecule has 4 heteroatoms. The molecule has 0 spiro atoms. The van der Waals surface area contributed by atoms with Gasteiger partial charge in [0.15, 0.2) is 0 Å². The number of hydrogen-bond donors (Lipinski definition) is 1. The van der Waals surface area contributed by atoms with Crippen molar-refractivity contribution in [1.82, 2.24) is 0 Å². The third-order valence-corrected chi connectivity index (χ3v) is 2.66. The van der Waals surface area contributed by atoms with Crippen molar-refractivity contribution in [2.45, 2.75) is 26.2 Å². The van der Waals surface area contributed by atoms with E-state index in [1.807, 2.05) is 18.2 Å². The standard InChI is InChI=1S/C14H19NO3/c1-2-18-14(16)13(11-15-17)10-6-9-12-7-4-3-5-8-12/h3-5,7-8,11,13,17H,2,6,9-10H2,1H3/b15-11-. The molecule has 0 aliphatic rings. The summed E-state index contributed by atoms with van der Waals surface area (Å²) in [6, 6.07) is 10.1. The Morgan fingerprint density at radius 3 is 2.78 bits per heavy atom. The first-order chi connectivity index (χ1) is 8.77. The van der Waals surface area contributed by atoms with Crippen LogP contribution in [0.5, 0.6) is 0 Å². The minimum Gasteiger partial charge on any atom is -0.465 e. The second-order valence-electron chi connectivity index (χ2n) is 4.00. The highest BCUT2D eigenvalue weighted by molar-refractivity contribution is 5.89. The first-order valence-electron chi connectivity index (χ1n) is 6.16. The van der Waals surface area contributed by atoms with Crippen molar-refractivity contribution in [3.05, 3.63) is 35.9 Å². The van der Waals surface area contributed by atoms with E-state index in [4.69, 9.17) is 9.94 Å². The summed E-state index contributed by atoms with van der Waals surface area (Å²) in [5.41, 5.74) is 1.24. The van der Waals surface area contributed by atoms with E-state index >= 15 is 0 Å². The van der Waals surface area contributed by atoms with E-state index in [9.17, 15) is 4.79 Å². The van der Waals surface area contributed by atoms with Gasteiger partial charge in [-0.05, 0) is 31.7 Å². The van der Waals surface area contributed by atoms with Crippen LogP contribution >= 0.6 is 0 Å². The Bertz CT molecular complexity index is 376. The summed E-state index contributed by atoms with van der Waals surface area (Å²) in [4.78, 5) is 11.6. The Labute approximate surface area is 107 Å². The lowest BCUT2D eigenvalue weighted by atomic mass is 10.0. The molecular formula is C14H19NO3. The van der Waals surface area contributed by atoms with Crippen LogP contribution in [0.25, 0.3) is 0 Å². The van der Waals surface area contributed by atoms with E-state index in [2.05, 4.69) is 17.3 Å². The maximum Gasteiger partial charge on any atom is 0.314 e. The molecule has 0 amide bonds. The van der Waals surface area contributed by atoms with E-state index in [-0.39, 0.29) is 5.97 Å². The average molecular weight is 249 g/mol. The maximum atomic E-state index is 11.6. The zero-order chi connectivity index (χ0) is 13.2. The number of benzene rings is 1. The van der Waals surface area contributed by atoms with Crippen LogP contribution in [0.4, 0.5) is 0 Å². The van der Waals surface area contributed by atoms with Gasteiger partial charge in [-0.1, -0.05) is 30.3 Å². The largest absolute Gasteiger partial charge is 0.465 e. The number of rotatable bonds is 7. The molecule has 0 saturated carbocycles. The van der Waals surface area contributed by atoms with E-state index in [1.165, 1.54) is 11.8 Å². The quantitative estimate of drug-likeness (QED) is 0.350. The second kappa shape index (κ2) is 8.28. The Balaban J connectivity index is 2.40. The van der Waals surface area contributed by atoms with Crippen LogP contribution in [-0.2, 0) is 16.0 Å². The van der Waals surface area contributed by atoms with Crippen molar-refractivity contribution < 1.29 is 14.7 Å². The zero-order valence-corrected chi connectivity index (χ0v) is 10.6. The molecule has 98 valence electrons. The molecule has 0 radical (unpaired) electrons. The van der Waals surface area contributed by atoms with Crippen LogP contribution in [0, 0.1) is 5.92 Å². The van der Waals surface area contributed by atoms with Gasteiger partial charge in [-0.3, -0.25) is 4.79 Å². The van der Waals surface area contributed by atoms with E-state index in [0.717, 1.165) is 12.8 Å². The number of carbonyl (C=O) groups is 1. The van der Waals surface area contributed by atoms with Crippen molar-refractivity contribution >= 4 is 12.2 Å².